The molecule has 0 saturated carbocycles. The molecule has 0 aliphatic carbocycles. The number of para-hydroxylation sites is 1. The number of halogens is 2. The van der Waals surface area contributed by atoms with Crippen molar-refractivity contribution in [3.05, 3.63) is 86.9 Å². The van der Waals surface area contributed by atoms with Gasteiger partial charge in [0, 0.05) is 24.6 Å². The molecule has 0 saturated heterocycles. The van der Waals surface area contributed by atoms with Crippen LogP contribution in [0.3, 0.4) is 0 Å². The lowest BCUT2D eigenvalue weighted by molar-refractivity contribution is 0.102. The van der Waals surface area contributed by atoms with Crippen molar-refractivity contribution in [2.75, 3.05) is 5.32 Å². The van der Waals surface area contributed by atoms with Gasteiger partial charge in [-0.15, -0.1) is 0 Å². The molecule has 2 aliphatic heterocycles. The molecule has 2 aliphatic rings. The van der Waals surface area contributed by atoms with E-state index in [1.807, 2.05) is 29.7 Å². The summed E-state index contributed by atoms with van der Waals surface area (Å²) < 4.78 is 3.15. The minimum absolute atomic E-state index is 0.273. The van der Waals surface area contributed by atoms with Crippen LogP contribution in [0.2, 0.25) is 10.0 Å². The third-order valence-corrected chi connectivity index (χ3v) is 5.37. The molecule has 2 heterocycles. The number of pyridine rings is 1. The normalized spacial score (nSPS) is 11.0. The van der Waals surface area contributed by atoms with Crippen LogP contribution in [-0.2, 0) is 6.54 Å². The Morgan fingerprint density at radius 3 is 2.53 bits per heavy atom. The van der Waals surface area contributed by atoms with Crippen molar-refractivity contribution in [1.82, 2.24) is 14.3 Å². The van der Waals surface area contributed by atoms with Crippen LogP contribution < -0.4 is 10.9 Å². The summed E-state index contributed by atoms with van der Waals surface area (Å²) in [6.07, 6.45) is 4.30. The molecule has 0 atom stereocenters. The van der Waals surface area contributed by atoms with Gasteiger partial charge in [-0.3, -0.25) is 9.59 Å². The first-order chi connectivity index (χ1) is 14.5. The average molecular weight is 441 g/mol. The van der Waals surface area contributed by atoms with E-state index in [0.29, 0.717) is 44.8 Å². The minimum atomic E-state index is -0.387. The molecule has 1 amide bonds. The fourth-order valence-corrected chi connectivity index (χ4v) is 3.53. The van der Waals surface area contributed by atoms with Gasteiger partial charge >= 0.3 is 0 Å². The zero-order chi connectivity index (χ0) is 21.3. The molecule has 2 aromatic rings. The van der Waals surface area contributed by atoms with Crippen molar-refractivity contribution in [2.45, 2.75) is 19.9 Å². The Kier molecular flexibility index (Phi) is 5.61. The van der Waals surface area contributed by atoms with Crippen molar-refractivity contribution >= 4 is 34.8 Å². The molecular weight excluding hydrogens is 423 g/mol. The van der Waals surface area contributed by atoms with Crippen molar-refractivity contribution in [3.8, 4) is 16.9 Å². The van der Waals surface area contributed by atoms with Gasteiger partial charge in [0.25, 0.3) is 11.5 Å². The molecule has 6 nitrogen and oxygen atoms in total. The summed E-state index contributed by atoms with van der Waals surface area (Å²) in [6, 6.07) is 14.0. The van der Waals surface area contributed by atoms with E-state index in [4.69, 9.17) is 23.2 Å². The Morgan fingerprint density at radius 1 is 1.07 bits per heavy atom. The Bertz CT molecular complexity index is 1250. The van der Waals surface area contributed by atoms with Gasteiger partial charge < -0.3 is 9.88 Å². The molecule has 4 rings (SSSR count). The number of nitrogens with one attached hydrogen (secondary N) is 1. The molecule has 1 N–H and O–H groups in total. The minimum Gasteiger partial charge on any atom is -0.353 e. The van der Waals surface area contributed by atoms with E-state index in [0.717, 1.165) is 6.42 Å². The van der Waals surface area contributed by atoms with E-state index in [2.05, 4.69) is 10.4 Å². The number of hydrogen-bond donors (Lipinski definition) is 1. The predicted octanol–water partition coefficient (Wildman–Crippen LogP) is 5.11. The summed E-state index contributed by atoms with van der Waals surface area (Å²) in [5.41, 5.74) is 1.89. The second-order valence-electron chi connectivity index (χ2n) is 6.81. The number of fused-ring (bicyclic) bond motifs is 1. The third kappa shape index (κ3) is 3.84. The molecule has 0 fully saturated rings. The van der Waals surface area contributed by atoms with Gasteiger partial charge in [-0.1, -0.05) is 48.3 Å². The second kappa shape index (κ2) is 8.34. The Labute approximate surface area is 183 Å². The number of hydrogen-bond acceptors (Lipinski definition) is 3. The van der Waals surface area contributed by atoms with Gasteiger partial charge in [0.15, 0.2) is 0 Å². The molecule has 0 bridgehead atoms. The fourth-order valence-electron chi connectivity index (χ4n) is 3.23. The molecular formula is C22H18Cl2N4O2. The number of aryl methyl sites for hydroxylation is 1. The van der Waals surface area contributed by atoms with Gasteiger partial charge in [0.1, 0.15) is 5.69 Å². The van der Waals surface area contributed by atoms with Crippen LogP contribution in [0.25, 0.3) is 16.9 Å². The van der Waals surface area contributed by atoms with Crippen LogP contribution >= 0.6 is 23.2 Å². The lowest BCUT2D eigenvalue weighted by Crippen LogP contribution is -2.17. The van der Waals surface area contributed by atoms with E-state index < -0.39 is 0 Å². The van der Waals surface area contributed by atoms with E-state index in [-0.39, 0.29) is 11.5 Å². The maximum atomic E-state index is 13.1. The highest BCUT2D eigenvalue weighted by Gasteiger charge is 2.24. The first-order valence-corrected chi connectivity index (χ1v) is 10.2. The Hall–Kier alpha value is -3.09. The van der Waals surface area contributed by atoms with Gasteiger partial charge in [-0.05, 0) is 36.8 Å². The summed E-state index contributed by atoms with van der Waals surface area (Å²) in [7, 11) is 0. The largest absolute Gasteiger partial charge is 0.353 e. The highest BCUT2D eigenvalue weighted by molar-refractivity contribution is 6.42. The third-order valence-electron chi connectivity index (χ3n) is 4.63. The maximum absolute atomic E-state index is 13.1. The van der Waals surface area contributed by atoms with Gasteiger partial charge in [0.2, 0.25) is 0 Å². The summed E-state index contributed by atoms with van der Waals surface area (Å²) in [4.78, 5) is 26.1. The van der Waals surface area contributed by atoms with Crippen LogP contribution in [0.4, 0.5) is 5.69 Å². The summed E-state index contributed by atoms with van der Waals surface area (Å²) in [6.45, 7) is 2.69. The number of aromatic nitrogens is 3. The lowest BCUT2D eigenvalue weighted by Gasteiger charge is -2.12. The SMILES string of the molecule is CCCn1cc(C(=O)Nc2ccc(Cl)c(Cl)c2)c2nn(-c3ccccc3)c(=O)c-2c1. The van der Waals surface area contributed by atoms with Crippen LogP contribution in [0.1, 0.15) is 23.7 Å². The van der Waals surface area contributed by atoms with Crippen LogP contribution in [-0.4, -0.2) is 20.3 Å². The quantitative estimate of drug-likeness (QED) is 0.468. The lowest BCUT2D eigenvalue weighted by atomic mass is 10.1. The van der Waals surface area contributed by atoms with Gasteiger partial charge in [-0.25, -0.2) is 0 Å². The first-order valence-electron chi connectivity index (χ1n) is 9.42. The van der Waals surface area contributed by atoms with E-state index >= 15 is 0 Å². The molecule has 0 radical (unpaired) electrons. The van der Waals surface area contributed by atoms with Crippen LogP contribution in [0.5, 0.6) is 0 Å². The first kappa shape index (κ1) is 20.2. The smallest absolute Gasteiger partial charge is 0.282 e. The number of nitrogens with zero attached hydrogens (tertiary/aromatic N) is 3. The highest BCUT2D eigenvalue weighted by Crippen LogP contribution is 2.27. The summed E-state index contributed by atoms with van der Waals surface area (Å²) in [5.74, 6) is -0.387. The van der Waals surface area contributed by atoms with Crippen molar-refractivity contribution < 1.29 is 4.79 Å². The number of anilines is 1. The molecule has 0 unspecified atom stereocenters. The molecule has 0 aromatic heterocycles. The van der Waals surface area contributed by atoms with Gasteiger partial charge in [-0.2, -0.15) is 9.78 Å². The van der Waals surface area contributed by atoms with Crippen LogP contribution in [0, 0.1) is 0 Å². The van der Waals surface area contributed by atoms with Crippen LogP contribution in [0.15, 0.2) is 65.7 Å². The summed E-state index contributed by atoms with van der Waals surface area (Å²) >= 11 is 12.0. The maximum Gasteiger partial charge on any atom is 0.282 e. The summed E-state index contributed by atoms with van der Waals surface area (Å²) in [5, 5.41) is 8.01. The highest BCUT2D eigenvalue weighted by atomic mass is 35.5. The predicted molar refractivity (Wildman–Crippen MR) is 119 cm³/mol. The monoisotopic (exact) mass is 440 g/mol. The van der Waals surface area contributed by atoms with Crippen molar-refractivity contribution in [3.63, 3.8) is 0 Å². The average Bonchev–Trinajstić information content (AvgIpc) is 3.08. The van der Waals surface area contributed by atoms with E-state index in [1.165, 1.54) is 4.68 Å². The molecule has 8 heteroatoms. The number of benzene rings is 2. The Morgan fingerprint density at radius 2 is 1.83 bits per heavy atom. The topological polar surface area (TPSA) is 68.9 Å². The standard InChI is InChI=1S/C22H18Cl2N4O2/c1-2-10-27-12-16(21(29)25-14-8-9-18(23)19(24)11-14)20-17(13-27)22(30)28(26-20)15-6-4-3-5-7-15/h3-9,11-13H,2,10H2,1H3,(H,25,29). The molecule has 0 spiro atoms. The number of carbonyl (C=O) groups is 1. The zero-order valence-electron chi connectivity index (χ0n) is 16.1. The fraction of sp³-hybridized carbons (Fsp3) is 0.136. The van der Waals surface area contributed by atoms with Crippen molar-refractivity contribution in [2.24, 2.45) is 0 Å². The van der Waals surface area contributed by atoms with E-state index in [9.17, 15) is 9.59 Å². The Balaban J connectivity index is 1.82. The number of rotatable bonds is 5. The van der Waals surface area contributed by atoms with Crippen molar-refractivity contribution in [1.29, 1.82) is 0 Å². The van der Waals surface area contributed by atoms with E-state index in [1.54, 1.807) is 42.7 Å². The second-order valence-corrected chi connectivity index (χ2v) is 7.62. The number of amides is 1. The van der Waals surface area contributed by atoms with Gasteiger partial charge in [0.05, 0.1) is 26.9 Å². The molecule has 152 valence electrons. The molecule has 2 aromatic carbocycles. The molecule has 30 heavy (non-hydrogen) atoms. The number of carbonyl (C=O) groups excluding carboxylic acids is 1. The zero-order valence-corrected chi connectivity index (χ0v) is 17.6.